The molecule has 4 atom stereocenters. The van der Waals surface area contributed by atoms with Crippen molar-refractivity contribution in [3.8, 4) is 33.6 Å². The largest absolute Gasteiger partial charge is 0.453 e. The lowest BCUT2D eigenvalue weighted by atomic mass is 10.0. The van der Waals surface area contributed by atoms with Crippen LogP contribution in [-0.4, -0.2) is 91.9 Å². The Bertz CT molecular complexity index is 2370. The van der Waals surface area contributed by atoms with Gasteiger partial charge >= 0.3 is 6.09 Å². The summed E-state index contributed by atoms with van der Waals surface area (Å²) in [5, 5.41) is 6.87. The maximum Gasteiger partial charge on any atom is 0.407 e. The number of aromatic amines is 2. The van der Waals surface area contributed by atoms with Gasteiger partial charge in [0, 0.05) is 25.6 Å². The second-order valence-corrected chi connectivity index (χ2v) is 16.6. The Morgan fingerprint density at radius 2 is 1.34 bits per heavy atom. The maximum atomic E-state index is 14.2. The molecule has 0 unspecified atom stereocenters. The minimum atomic E-state index is -0.543. The molecule has 2 aliphatic rings. The molecule has 3 N–H and O–H groups in total. The predicted octanol–water partition coefficient (Wildman–Crippen LogP) is 8.96. The molecule has 13 heteroatoms. The first-order valence-electron chi connectivity index (χ1n) is 21.4. The Hall–Kier alpha value is -6.05. The van der Waals surface area contributed by atoms with E-state index >= 15 is 0 Å². The second kappa shape index (κ2) is 19.1. The van der Waals surface area contributed by atoms with Crippen LogP contribution in [0.5, 0.6) is 0 Å². The number of likely N-dealkylation sites (N-methyl/N-ethyl adjacent to an activating group) is 1. The average molecular weight is 839 g/mol. The Balaban J connectivity index is 0.907. The number of thiophene rings is 1. The van der Waals surface area contributed by atoms with Crippen molar-refractivity contribution in [2.24, 2.45) is 0 Å². The number of alkyl carbamates (subject to hydrolysis) is 1. The lowest BCUT2D eigenvalue weighted by molar-refractivity contribution is -0.138. The highest BCUT2D eigenvalue weighted by Gasteiger charge is 2.38. The van der Waals surface area contributed by atoms with E-state index in [4.69, 9.17) is 14.7 Å². The van der Waals surface area contributed by atoms with Crippen LogP contribution < -0.4 is 5.32 Å². The summed E-state index contributed by atoms with van der Waals surface area (Å²) in [6.45, 7) is 7.17. The molecule has 5 heterocycles. The number of imidazole rings is 2. The number of methoxy groups -OCH3 is 1. The first-order chi connectivity index (χ1) is 29.8. The zero-order valence-electron chi connectivity index (χ0n) is 35.1. The molecule has 12 nitrogen and oxygen atoms in total. The number of amides is 3. The summed E-state index contributed by atoms with van der Waals surface area (Å²) in [7, 11) is 1.33. The first kappa shape index (κ1) is 41.7. The van der Waals surface area contributed by atoms with E-state index in [-0.39, 0.29) is 42.4 Å². The van der Waals surface area contributed by atoms with Gasteiger partial charge in [-0.05, 0) is 95.4 Å². The summed E-state index contributed by atoms with van der Waals surface area (Å²) in [4.78, 5) is 62.7. The minimum Gasteiger partial charge on any atom is -0.453 e. The van der Waals surface area contributed by atoms with Crippen molar-refractivity contribution < 1.29 is 19.1 Å². The molecule has 2 fully saturated rings. The van der Waals surface area contributed by atoms with Crippen LogP contribution in [0, 0.1) is 0 Å². The van der Waals surface area contributed by atoms with Crippen LogP contribution in [-0.2, 0) is 20.7 Å². The zero-order chi connectivity index (χ0) is 42.3. The number of nitrogens with zero attached hydrogens (tertiary/aromatic N) is 5. The predicted molar refractivity (Wildman–Crippen MR) is 238 cm³/mol. The van der Waals surface area contributed by atoms with Crippen molar-refractivity contribution in [3.05, 3.63) is 131 Å². The number of H-pyrrole nitrogens is 2. The number of aromatic nitrogens is 4. The second-order valence-electron chi connectivity index (χ2n) is 15.9. The fourth-order valence-corrected chi connectivity index (χ4v) is 9.65. The maximum absolute atomic E-state index is 14.2. The van der Waals surface area contributed by atoms with Crippen LogP contribution in [0.4, 0.5) is 4.79 Å². The lowest BCUT2D eigenvalue weighted by Gasteiger charge is -2.34. The Morgan fingerprint density at radius 1 is 0.787 bits per heavy atom. The average Bonchev–Trinajstić information content (AvgIpc) is 4.16. The number of hydrogen-bond donors (Lipinski definition) is 3. The van der Waals surface area contributed by atoms with Gasteiger partial charge in [0.05, 0.1) is 43.0 Å². The smallest absolute Gasteiger partial charge is 0.407 e. The van der Waals surface area contributed by atoms with E-state index in [0.29, 0.717) is 13.0 Å². The summed E-state index contributed by atoms with van der Waals surface area (Å²) in [6, 6.07) is 28.0. The summed E-state index contributed by atoms with van der Waals surface area (Å²) in [6.07, 6.45) is 7.42. The van der Waals surface area contributed by atoms with Gasteiger partial charge in [0.25, 0.3) is 0 Å². The summed E-state index contributed by atoms with van der Waals surface area (Å²) in [5.74, 6) is 1.71. The van der Waals surface area contributed by atoms with Crippen molar-refractivity contribution in [3.63, 3.8) is 0 Å². The number of rotatable bonds is 15. The number of carbonyl (C=O) groups excluding carboxylic acids is 3. The van der Waals surface area contributed by atoms with E-state index in [2.05, 4.69) is 94.7 Å². The topological polar surface area (TPSA) is 140 Å². The van der Waals surface area contributed by atoms with Crippen LogP contribution in [0.25, 0.3) is 33.6 Å². The molecule has 2 saturated heterocycles. The van der Waals surface area contributed by atoms with Crippen molar-refractivity contribution in [1.29, 1.82) is 0 Å². The number of carbonyl (C=O) groups is 3. The minimum absolute atomic E-state index is 0.0176. The highest BCUT2D eigenvalue weighted by molar-refractivity contribution is 7.07. The van der Waals surface area contributed by atoms with Crippen molar-refractivity contribution in [2.75, 3.05) is 33.3 Å². The van der Waals surface area contributed by atoms with Crippen LogP contribution in [0.2, 0.25) is 0 Å². The van der Waals surface area contributed by atoms with Crippen molar-refractivity contribution >= 4 is 29.2 Å². The number of nitrogens with one attached hydrogen (secondary N) is 3. The molecule has 3 aromatic carbocycles. The molecule has 0 bridgehead atoms. The van der Waals surface area contributed by atoms with E-state index in [1.165, 1.54) is 7.11 Å². The van der Waals surface area contributed by atoms with Crippen LogP contribution in [0.1, 0.15) is 86.9 Å². The van der Waals surface area contributed by atoms with Crippen LogP contribution in [0.3, 0.4) is 0 Å². The Kier molecular flexibility index (Phi) is 13.1. The van der Waals surface area contributed by atoms with Gasteiger partial charge in [0.1, 0.15) is 17.7 Å². The van der Waals surface area contributed by atoms with Gasteiger partial charge in [-0.1, -0.05) is 92.7 Å². The van der Waals surface area contributed by atoms with Crippen molar-refractivity contribution in [2.45, 2.75) is 76.5 Å². The number of likely N-dealkylation sites (tertiary alicyclic amines) is 2. The molecule has 0 radical (unpaired) electrons. The fourth-order valence-electron chi connectivity index (χ4n) is 8.97. The molecule has 3 aromatic heterocycles. The lowest BCUT2D eigenvalue weighted by Crippen LogP contribution is -2.43. The van der Waals surface area contributed by atoms with Gasteiger partial charge in [0.15, 0.2) is 0 Å². The Morgan fingerprint density at radius 3 is 1.89 bits per heavy atom. The van der Waals surface area contributed by atoms with Crippen LogP contribution >= 0.6 is 11.3 Å². The molecule has 0 spiro atoms. The third-order valence-electron chi connectivity index (χ3n) is 12.2. The summed E-state index contributed by atoms with van der Waals surface area (Å²) >= 11 is 1.59. The Labute approximate surface area is 361 Å². The summed E-state index contributed by atoms with van der Waals surface area (Å²) < 4.78 is 4.84. The third-order valence-corrected chi connectivity index (χ3v) is 12.9. The molecular formula is C48H54N8O4S. The standard InChI is InChI=1S/C48H54N8O4S/c1-4-54(5-2)44(37-11-7-6-8-12-37)47(58)56-25-10-14-42(56)46-50-30-40(53-46)36-21-17-34(18-22-36)33-15-19-35(20-16-33)39-29-49-45(52-39)41-13-9-24-55(41)43(57)28-38(51-48(59)60-3)27-32-23-26-61-31-32/h6-8,11-12,15-23,26,29-31,38,41-42,44H,4-5,9-10,13-14,24-25,27-28H2,1-3H3,(H,49,52)(H,50,53)(H,51,59)/t38-,41+,42+,44-/m1/s1. The molecule has 2 aliphatic heterocycles. The number of benzene rings is 3. The van der Waals surface area contributed by atoms with E-state index in [0.717, 1.165) is 102 Å². The molecule has 61 heavy (non-hydrogen) atoms. The number of hydrogen-bond acceptors (Lipinski definition) is 8. The third kappa shape index (κ3) is 9.33. The van der Waals surface area contributed by atoms with Gasteiger partial charge in [-0.2, -0.15) is 11.3 Å². The molecule has 316 valence electrons. The van der Waals surface area contributed by atoms with Gasteiger partial charge in [-0.25, -0.2) is 14.8 Å². The molecule has 0 aliphatic carbocycles. The monoisotopic (exact) mass is 838 g/mol. The quantitative estimate of drug-likeness (QED) is 0.0939. The highest BCUT2D eigenvalue weighted by Crippen LogP contribution is 2.37. The van der Waals surface area contributed by atoms with Gasteiger partial charge in [-0.15, -0.1) is 0 Å². The van der Waals surface area contributed by atoms with Gasteiger partial charge < -0.3 is 29.8 Å². The summed E-state index contributed by atoms with van der Waals surface area (Å²) in [5.41, 5.74) is 8.13. The first-order valence-corrected chi connectivity index (χ1v) is 22.3. The zero-order valence-corrected chi connectivity index (χ0v) is 35.9. The molecule has 0 saturated carbocycles. The van der Waals surface area contributed by atoms with E-state index in [1.807, 2.05) is 57.2 Å². The van der Waals surface area contributed by atoms with E-state index in [1.54, 1.807) is 11.3 Å². The van der Waals surface area contributed by atoms with Crippen molar-refractivity contribution in [1.82, 2.24) is 40.0 Å². The highest BCUT2D eigenvalue weighted by atomic mass is 32.1. The van der Waals surface area contributed by atoms with Gasteiger partial charge in [-0.3, -0.25) is 14.5 Å². The SMILES string of the molecule is CCN(CC)[C@@H](C(=O)N1CCC[C@H]1c1ncc(-c2ccc(-c3ccc(-c4cnc([C@@H]5CCCN5C(=O)C[C@@H](Cc5ccsc5)NC(=O)OC)[nH]4)cc3)cc2)[nH]1)c1ccccc1. The molecule has 3 amide bonds. The molecule has 8 rings (SSSR count). The van der Waals surface area contributed by atoms with E-state index < -0.39 is 6.09 Å². The normalized spacial score (nSPS) is 17.4. The van der Waals surface area contributed by atoms with E-state index in [9.17, 15) is 14.4 Å². The molecule has 6 aromatic rings. The van der Waals surface area contributed by atoms with Crippen LogP contribution in [0.15, 0.2) is 108 Å². The fraction of sp³-hybridized carbons (Fsp3) is 0.354. The molecular weight excluding hydrogens is 785 g/mol. The van der Waals surface area contributed by atoms with Gasteiger partial charge in [0.2, 0.25) is 11.8 Å². The number of ether oxygens (including phenoxy) is 1.